The largest absolute Gasteiger partial charge is 0.484 e. The predicted molar refractivity (Wildman–Crippen MR) is 77.7 cm³/mol. The van der Waals surface area contributed by atoms with Crippen LogP contribution in [0.25, 0.3) is 0 Å². The summed E-state index contributed by atoms with van der Waals surface area (Å²) in [4.78, 5) is 14.0. The summed E-state index contributed by atoms with van der Waals surface area (Å²) in [7, 11) is 0. The molecule has 2 atom stereocenters. The van der Waals surface area contributed by atoms with Gasteiger partial charge in [0.2, 0.25) is 0 Å². The van der Waals surface area contributed by atoms with Crippen LogP contribution < -0.4 is 4.74 Å². The van der Waals surface area contributed by atoms with E-state index in [1.54, 1.807) is 11.8 Å². The summed E-state index contributed by atoms with van der Waals surface area (Å²) in [6, 6.07) is 7.58. The molecule has 1 amide bonds. The normalized spacial score (nSPS) is 20.6. The molecule has 0 saturated carbocycles. The molecule has 1 fully saturated rings. The van der Waals surface area contributed by atoms with Gasteiger partial charge in [0, 0.05) is 6.54 Å². The van der Waals surface area contributed by atoms with Gasteiger partial charge in [0.05, 0.1) is 12.1 Å². The molecule has 110 valence electrons. The molecule has 4 nitrogen and oxygen atoms in total. The number of rotatable bonds is 4. The maximum absolute atomic E-state index is 12.2. The minimum atomic E-state index is -0.487. The first-order valence-electron chi connectivity index (χ1n) is 7.25. The molecule has 1 aromatic carbocycles. The zero-order valence-corrected chi connectivity index (χ0v) is 12.2. The van der Waals surface area contributed by atoms with Crippen molar-refractivity contribution in [3.63, 3.8) is 0 Å². The lowest BCUT2D eigenvalue weighted by Crippen LogP contribution is -2.50. The van der Waals surface area contributed by atoms with E-state index >= 15 is 0 Å². The Morgan fingerprint density at radius 3 is 2.75 bits per heavy atom. The van der Waals surface area contributed by atoms with Gasteiger partial charge in [-0.1, -0.05) is 17.7 Å². The van der Waals surface area contributed by atoms with Gasteiger partial charge in [-0.05, 0) is 45.2 Å². The van der Waals surface area contributed by atoms with Crippen LogP contribution in [0.15, 0.2) is 24.3 Å². The van der Waals surface area contributed by atoms with Crippen molar-refractivity contribution in [3.8, 4) is 5.75 Å². The molecule has 1 heterocycles. The fourth-order valence-corrected chi connectivity index (χ4v) is 2.63. The quantitative estimate of drug-likeness (QED) is 0.917. The third-order valence-corrected chi connectivity index (χ3v) is 3.81. The van der Waals surface area contributed by atoms with Gasteiger partial charge in [0.15, 0.2) is 6.61 Å². The second-order valence-electron chi connectivity index (χ2n) is 5.49. The van der Waals surface area contributed by atoms with Crippen molar-refractivity contribution in [3.05, 3.63) is 29.8 Å². The predicted octanol–water partition coefficient (Wildman–Crippen LogP) is 2.14. The lowest BCUT2D eigenvalue weighted by Gasteiger charge is -2.37. The van der Waals surface area contributed by atoms with Gasteiger partial charge in [-0.3, -0.25) is 4.79 Å². The van der Waals surface area contributed by atoms with Crippen molar-refractivity contribution in [2.45, 2.75) is 45.3 Å². The molecule has 0 radical (unpaired) electrons. The highest BCUT2D eigenvalue weighted by Crippen LogP contribution is 2.20. The fourth-order valence-electron chi connectivity index (χ4n) is 2.63. The average molecular weight is 277 g/mol. The average Bonchev–Trinajstić information content (AvgIpc) is 2.46. The summed E-state index contributed by atoms with van der Waals surface area (Å²) in [6.45, 7) is 4.50. The summed E-state index contributed by atoms with van der Waals surface area (Å²) < 4.78 is 5.53. The fraction of sp³-hybridized carbons (Fsp3) is 0.562. The molecule has 1 aromatic rings. The minimum absolute atomic E-state index is 0.0340. The third-order valence-electron chi connectivity index (χ3n) is 3.81. The van der Waals surface area contributed by atoms with E-state index in [1.165, 1.54) is 0 Å². The van der Waals surface area contributed by atoms with Crippen LogP contribution in [0.3, 0.4) is 0 Å². The highest BCUT2D eigenvalue weighted by Gasteiger charge is 2.29. The zero-order valence-electron chi connectivity index (χ0n) is 12.2. The molecule has 0 aromatic heterocycles. The van der Waals surface area contributed by atoms with E-state index in [0.717, 1.165) is 24.8 Å². The van der Waals surface area contributed by atoms with Crippen LogP contribution in [-0.4, -0.2) is 41.2 Å². The second-order valence-corrected chi connectivity index (χ2v) is 5.49. The van der Waals surface area contributed by atoms with Crippen molar-refractivity contribution in [2.24, 2.45) is 0 Å². The summed E-state index contributed by atoms with van der Waals surface area (Å²) in [6.07, 6.45) is 2.45. The van der Waals surface area contributed by atoms with Crippen LogP contribution in [0.4, 0.5) is 0 Å². The monoisotopic (exact) mass is 277 g/mol. The van der Waals surface area contributed by atoms with Gasteiger partial charge in [0.25, 0.3) is 5.91 Å². The molecule has 4 heteroatoms. The van der Waals surface area contributed by atoms with E-state index in [-0.39, 0.29) is 18.6 Å². The first-order chi connectivity index (χ1) is 9.58. The van der Waals surface area contributed by atoms with Crippen molar-refractivity contribution < 1.29 is 14.6 Å². The molecular weight excluding hydrogens is 254 g/mol. The number of amides is 1. The second kappa shape index (κ2) is 6.75. The molecule has 0 aliphatic carbocycles. The number of carbonyl (C=O) groups is 1. The molecule has 0 bridgehead atoms. The molecule has 2 rings (SSSR count). The van der Waals surface area contributed by atoms with E-state index in [0.29, 0.717) is 12.3 Å². The molecule has 1 aliphatic heterocycles. The number of ether oxygens (including phenoxy) is 1. The number of piperidine rings is 1. The SMILES string of the molecule is Cc1ccc(OCC(=O)N2CCCC[C@H]2[C@H](C)O)cc1. The summed E-state index contributed by atoms with van der Waals surface area (Å²) in [5, 5.41) is 9.78. The maximum Gasteiger partial charge on any atom is 0.260 e. The molecule has 0 spiro atoms. The van der Waals surface area contributed by atoms with Crippen LogP contribution in [0.5, 0.6) is 5.75 Å². The number of likely N-dealkylation sites (tertiary alicyclic amines) is 1. The van der Waals surface area contributed by atoms with Crippen molar-refractivity contribution in [1.29, 1.82) is 0 Å². The highest BCUT2D eigenvalue weighted by atomic mass is 16.5. The highest BCUT2D eigenvalue weighted by molar-refractivity contribution is 5.78. The van der Waals surface area contributed by atoms with Crippen LogP contribution in [0.1, 0.15) is 31.7 Å². The Labute approximate surface area is 120 Å². The van der Waals surface area contributed by atoms with Gasteiger partial charge < -0.3 is 14.7 Å². The van der Waals surface area contributed by atoms with E-state index in [9.17, 15) is 9.90 Å². The Balaban J connectivity index is 1.91. The maximum atomic E-state index is 12.2. The molecular formula is C16H23NO3. The number of nitrogens with zero attached hydrogens (tertiary/aromatic N) is 1. The third kappa shape index (κ3) is 3.73. The Kier molecular flexibility index (Phi) is 5.01. The Bertz CT molecular complexity index is 442. The first-order valence-corrected chi connectivity index (χ1v) is 7.25. The Morgan fingerprint density at radius 2 is 2.10 bits per heavy atom. The van der Waals surface area contributed by atoms with Crippen LogP contribution in [-0.2, 0) is 4.79 Å². The molecule has 1 N–H and O–H groups in total. The van der Waals surface area contributed by atoms with Gasteiger partial charge in [-0.15, -0.1) is 0 Å². The van der Waals surface area contributed by atoms with Crippen molar-refractivity contribution >= 4 is 5.91 Å². The molecule has 0 unspecified atom stereocenters. The molecule has 1 aliphatic rings. The summed E-state index contributed by atoms with van der Waals surface area (Å²) in [5.74, 6) is 0.658. The number of benzene rings is 1. The summed E-state index contributed by atoms with van der Waals surface area (Å²) in [5.41, 5.74) is 1.16. The lowest BCUT2D eigenvalue weighted by molar-refractivity contribution is -0.139. The van der Waals surface area contributed by atoms with Crippen molar-refractivity contribution in [2.75, 3.05) is 13.2 Å². The van der Waals surface area contributed by atoms with Crippen molar-refractivity contribution in [1.82, 2.24) is 4.90 Å². The standard InChI is InChI=1S/C16H23NO3/c1-12-6-8-14(9-7-12)20-11-16(19)17-10-4-3-5-15(17)13(2)18/h6-9,13,15,18H,3-5,10-11H2,1-2H3/t13-,15-/m0/s1. The van der Waals surface area contributed by atoms with Gasteiger partial charge >= 0.3 is 0 Å². The number of hydrogen-bond acceptors (Lipinski definition) is 3. The Hall–Kier alpha value is -1.55. The smallest absolute Gasteiger partial charge is 0.260 e. The van der Waals surface area contributed by atoms with E-state index in [1.807, 2.05) is 31.2 Å². The number of aliphatic hydroxyl groups excluding tert-OH is 1. The number of aliphatic hydroxyl groups is 1. The first kappa shape index (κ1) is 14.9. The summed E-state index contributed by atoms with van der Waals surface area (Å²) >= 11 is 0. The van der Waals surface area contributed by atoms with Crippen LogP contribution in [0.2, 0.25) is 0 Å². The van der Waals surface area contributed by atoms with Gasteiger partial charge in [0.1, 0.15) is 5.75 Å². The van der Waals surface area contributed by atoms with Gasteiger partial charge in [-0.25, -0.2) is 0 Å². The van der Waals surface area contributed by atoms with Gasteiger partial charge in [-0.2, -0.15) is 0 Å². The molecule has 20 heavy (non-hydrogen) atoms. The molecule has 1 saturated heterocycles. The Morgan fingerprint density at radius 1 is 1.40 bits per heavy atom. The number of aryl methyl sites for hydroxylation is 1. The zero-order chi connectivity index (χ0) is 14.5. The minimum Gasteiger partial charge on any atom is -0.484 e. The van der Waals surface area contributed by atoms with E-state index in [4.69, 9.17) is 4.74 Å². The lowest BCUT2D eigenvalue weighted by atomic mass is 9.98. The van der Waals surface area contributed by atoms with E-state index < -0.39 is 6.10 Å². The number of carbonyl (C=O) groups excluding carboxylic acids is 1. The van der Waals surface area contributed by atoms with Crippen LogP contribution >= 0.6 is 0 Å². The van der Waals surface area contributed by atoms with Crippen LogP contribution in [0, 0.1) is 6.92 Å². The number of hydrogen-bond donors (Lipinski definition) is 1. The topological polar surface area (TPSA) is 49.8 Å². The van der Waals surface area contributed by atoms with E-state index in [2.05, 4.69) is 0 Å².